The highest BCUT2D eigenvalue weighted by Gasteiger charge is 2.47. The number of Topliss-reactive ketones (excluding diaryl/α,β-unsaturated/α-hetero) is 1. The minimum atomic E-state index is -0.275. The maximum absolute atomic E-state index is 12.6. The van der Waals surface area contributed by atoms with Crippen molar-refractivity contribution < 1.29 is 14.4 Å². The van der Waals surface area contributed by atoms with Crippen molar-refractivity contribution in [1.29, 1.82) is 0 Å². The zero-order valence-electron chi connectivity index (χ0n) is 13.8. The van der Waals surface area contributed by atoms with E-state index in [-0.39, 0.29) is 36.0 Å². The predicted octanol–water partition coefficient (Wildman–Crippen LogP) is 2.26. The molecule has 0 bridgehead atoms. The van der Waals surface area contributed by atoms with Gasteiger partial charge in [-0.25, -0.2) is 0 Å². The van der Waals surface area contributed by atoms with E-state index < -0.39 is 0 Å². The summed E-state index contributed by atoms with van der Waals surface area (Å²) in [6.07, 6.45) is 5.10. The lowest BCUT2D eigenvalue weighted by Crippen LogP contribution is -2.36. The Bertz CT molecular complexity index is 688. The second-order valence-corrected chi connectivity index (χ2v) is 6.37. The zero-order valence-corrected chi connectivity index (χ0v) is 13.8. The topological polar surface area (TPSA) is 59.4 Å². The van der Waals surface area contributed by atoms with Crippen molar-refractivity contribution >= 4 is 17.6 Å². The molecule has 5 nitrogen and oxygen atoms in total. The number of carbonyl (C=O) groups is 3. The van der Waals surface area contributed by atoms with Gasteiger partial charge in [0.1, 0.15) is 0 Å². The van der Waals surface area contributed by atoms with Crippen molar-refractivity contribution in [1.82, 2.24) is 9.47 Å². The normalized spacial score (nSPS) is 23.5. The van der Waals surface area contributed by atoms with E-state index >= 15 is 0 Å². The van der Waals surface area contributed by atoms with Crippen LogP contribution in [0.2, 0.25) is 0 Å². The van der Waals surface area contributed by atoms with Gasteiger partial charge in [0.15, 0.2) is 5.78 Å². The Hall–Kier alpha value is -2.17. The number of fused-ring (bicyclic) bond motifs is 1. The fourth-order valence-electron chi connectivity index (χ4n) is 3.82. The third-order valence-corrected chi connectivity index (χ3v) is 5.09. The lowest BCUT2D eigenvalue weighted by atomic mass is 9.85. The number of allylic oxidation sites excluding steroid dienone is 2. The van der Waals surface area contributed by atoms with Crippen LogP contribution in [0, 0.1) is 25.7 Å². The van der Waals surface area contributed by atoms with Gasteiger partial charge in [-0.2, -0.15) is 0 Å². The summed E-state index contributed by atoms with van der Waals surface area (Å²) in [7, 11) is 0. The Balaban J connectivity index is 1.81. The molecule has 2 heterocycles. The molecule has 2 atom stereocenters. The summed E-state index contributed by atoms with van der Waals surface area (Å²) in [6, 6.07) is 1.85. The smallest absolute Gasteiger partial charge is 0.233 e. The summed E-state index contributed by atoms with van der Waals surface area (Å²) in [6.45, 7) is 6.54. The van der Waals surface area contributed by atoms with E-state index in [1.165, 1.54) is 4.90 Å². The van der Waals surface area contributed by atoms with Crippen LogP contribution in [0.4, 0.5) is 0 Å². The van der Waals surface area contributed by atoms with Crippen molar-refractivity contribution in [3.05, 3.63) is 35.2 Å². The first-order valence-corrected chi connectivity index (χ1v) is 8.15. The van der Waals surface area contributed by atoms with Crippen molar-refractivity contribution in [2.24, 2.45) is 11.8 Å². The molecule has 2 amide bonds. The number of aromatic nitrogens is 1. The molecule has 3 rings (SSSR count). The van der Waals surface area contributed by atoms with E-state index in [1.54, 1.807) is 0 Å². The van der Waals surface area contributed by atoms with Crippen molar-refractivity contribution in [3.8, 4) is 0 Å². The minimum Gasteiger partial charge on any atom is -0.349 e. The quantitative estimate of drug-likeness (QED) is 0.486. The van der Waals surface area contributed by atoms with Gasteiger partial charge in [-0.15, -0.1) is 0 Å². The van der Waals surface area contributed by atoms with E-state index in [2.05, 4.69) is 4.57 Å². The van der Waals surface area contributed by atoms with Crippen molar-refractivity contribution in [2.75, 3.05) is 6.54 Å². The number of ketones is 1. The highest BCUT2D eigenvalue weighted by molar-refractivity contribution is 6.10. The Kier molecular flexibility index (Phi) is 3.96. The molecule has 1 fully saturated rings. The number of carbonyl (C=O) groups excluding carboxylic acids is 3. The van der Waals surface area contributed by atoms with Gasteiger partial charge in [0.2, 0.25) is 11.8 Å². The van der Waals surface area contributed by atoms with E-state index in [9.17, 15) is 14.4 Å². The number of imide groups is 1. The molecule has 1 aromatic heterocycles. The second-order valence-electron chi connectivity index (χ2n) is 6.37. The fourth-order valence-corrected chi connectivity index (χ4v) is 3.82. The number of amides is 2. The summed E-state index contributed by atoms with van der Waals surface area (Å²) in [5.74, 6) is -1.10. The average molecular weight is 314 g/mol. The lowest BCUT2D eigenvalue weighted by molar-refractivity contribution is -0.139. The predicted molar refractivity (Wildman–Crippen MR) is 86.0 cm³/mol. The molecule has 122 valence electrons. The molecule has 2 aliphatic rings. The molecule has 1 aromatic rings. The summed E-state index contributed by atoms with van der Waals surface area (Å²) < 4.78 is 2.06. The highest BCUT2D eigenvalue weighted by atomic mass is 16.2. The van der Waals surface area contributed by atoms with E-state index in [0.29, 0.717) is 18.4 Å². The van der Waals surface area contributed by atoms with E-state index in [4.69, 9.17) is 0 Å². The first kappa shape index (κ1) is 15.7. The molecule has 23 heavy (non-hydrogen) atoms. The molecule has 1 saturated heterocycles. The van der Waals surface area contributed by atoms with Crippen LogP contribution in [-0.2, 0) is 16.1 Å². The Morgan fingerprint density at radius 1 is 1.13 bits per heavy atom. The Morgan fingerprint density at radius 3 is 2.17 bits per heavy atom. The number of nitrogens with zero attached hydrogens (tertiary/aromatic N) is 2. The molecule has 5 heteroatoms. The number of hydrogen-bond donors (Lipinski definition) is 0. The molecule has 1 aliphatic carbocycles. The van der Waals surface area contributed by atoms with Crippen molar-refractivity contribution in [3.63, 3.8) is 0 Å². The van der Waals surface area contributed by atoms with Gasteiger partial charge in [-0.1, -0.05) is 12.2 Å². The highest BCUT2D eigenvalue weighted by Crippen LogP contribution is 2.35. The molecule has 0 unspecified atom stereocenters. The van der Waals surface area contributed by atoms with Gasteiger partial charge in [0.05, 0.1) is 18.4 Å². The minimum absolute atomic E-state index is 0.140. The SMILES string of the molecule is CCn1c(C)cc(C(=O)CN2C(=O)[C@H]3CC=CC[C@H]3C2=O)c1C. The Labute approximate surface area is 136 Å². The molecular formula is C18H22N2O3. The summed E-state index contributed by atoms with van der Waals surface area (Å²) in [4.78, 5) is 38.7. The molecule has 1 aliphatic heterocycles. The molecule has 0 spiro atoms. The maximum Gasteiger partial charge on any atom is 0.233 e. The van der Waals surface area contributed by atoms with Crippen LogP contribution in [0.1, 0.15) is 41.5 Å². The van der Waals surface area contributed by atoms with E-state index in [0.717, 1.165) is 17.9 Å². The average Bonchev–Trinajstić information content (AvgIpc) is 2.96. The van der Waals surface area contributed by atoms with Gasteiger partial charge in [0, 0.05) is 23.5 Å². The largest absolute Gasteiger partial charge is 0.349 e. The first-order chi connectivity index (χ1) is 11.0. The number of hydrogen-bond acceptors (Lipinski definition) is 3. The molecule has 0 radical (unpaired) electrons. The monoisotopic (exact) mass is 314 g/mol. The van der Waals surface area contributed by atoms with Gasteiger partial charge < -0.3 is 4.57 Å². The van der Waals surface area contributed by atoms with Crippen LogP contribution in [0.15, 0.2) is 18.2 Å². The van der Waals surface area contributed by atoms with Gasteiger partial charge >= 0.3 is 0 Å². The molecule has 0 N–H and O–H groups in total. The van der Waals surface area contributed by atoms with Crippen LogP contribution in [0.25, 0.3) is 0 Å². The van der Waals surface area contributed by atoms with Gasteiger partial charge in [-0.3, -0.25) is 19.3 Å². The first-order valence-electron chi connectivity index (χ1n) is 8.15. The number of aryl methyl sites for hydroxylation is 1. The van der Waals surface area contributed by atoms with Gasteiger partial charge in [-0.05, 0) is 39.7 Å². The van der Waals surface area contributed by atoms with Crippen LogP contribution >= 0.6 is 0 Å². The molecule has 0 saturated carbocycles. The number of likely N-dealkylation sites (tertiary alicyclic amines) is 1. The summed E-state index contributed by atoms with van der Waals surface area (Å²) in [5, 5.41) is 0. The van der Waals surface area contributed by atoms with Crippen LogP contribution in [-0.4, -0.2) is 33.6 Å². The maximum atomic E-state index is 12.6. The fraction of sp³-hybridized carbons (Fsp3) is 0.500. The van der Waals surface area contributed by atoms with Gasteiger partial charge in [0.25, 0.3) is 0 Å². The van der Waals surface area contributed by atoms with E-state index in [1.807, 2.05) is 39.0 Å². The van der Waals surface area contributed by atoms with Crippen molar-refractivity contribution in [2.45, 2.75) is 40.2 Å². The third kappa shape index (κ3) is 2.44. The Morgan fingerprint density at radius 2 is 1.70 bits per heavy atom. The molecular weight excluding hydrogens is 292 g/mol. The van der Waals surface area contributed by atoms with Crippen LogP contribution in [0.3, 0.4) is 0 Å². The summed E-state index contributed by atoms with van der Waals surface area (Å²) >= 11 is 0. The van der Waals surface area contributed by atoms with Crippen LogP contribution in [0.5, 0.6) is 0 Å². The summed E-state index contributed by atoms with van der Waals surface area (Å²) in [5.41, 5.74) is 2.52. The standard InChI is InChI=1S/C18H22N2O3/c1-4-19-11(2)9-15(12(19)3)16(21)10-20-17(22)13-7-5-6-8-14(13)18(20)23/h5-6,9,13-14H,4,7-8,10H2,1-3H3/t13-,14+. The second kappa shape index (κ2) is 5.80. The molecule has 0 aromatic carbocycles. The van der Waals surface area contributed by atoms with Crippen LogP contribution < -0.4 is 0 Å². The number of rotatable bonds is 4. The third-order valence-electron chi connectivity index (χ3n) is 5.09. The zero-order chi connectivity index (χ0) is 16.7. The lowest BCUT2D eigenvalue weighted by Gasteiger charge is -2.14.